The van der Waals surface area contributed by atoms with Crippen molar-refractivity contribution in [3.8, 4) is 6.07 Å². The molecule has 1 aromatic heterocycles. The van der Waals surface area contributed by atoms with Crippen molar-refractivity contribution in [2.75, 3.05) is 20.2 Å². The van der Waals surface area contributed by atoms with Crippen molar-refractivity contribution in [3.05, 3.63) is 107 Å². The van der Waals surface area contributed by atoms with Crippen LogP contribution in [0.1, 0.15) is 28.8 Å². The lowest BCUT2D eigenvalue weighted by molar-refractivity contribution is -0.136. The van der Waals surface area contributed by atoms with Gasteiger partial charge in [-0.2, -0.15) is 5.26 Å². The molecule has 6 nitrogen and oxygen atoms in total. The molecule has 0 atom stereocenters. The Morgan fingerprint density at radius 1 is 1.06 bits per heavy atom. The van der Waals surface area contributed by atoms with Gasteiger partial charge < -0.3 is 9.30 Å². The van der Waals surface area contributed by atoms with Crippen LogP contribution in [0, 0.1) is 11.3 Å². The molecule has 0 saturated carbocycles. The first-order valence-corrected chi connectivity index (χ1v) is 11.6. The van der Waals surface area contributed by atoms with Gasteiger partial charge in [0.15, 0.2) is 0 Å². The second-order valence-electron chi connectivity index (χ2n) is 8.76. The van der Waals surface area contributed by atoms with Crippen molar-refractivity contribution in [1.82, 2.24) is 14.5 Å². The van der Waals surface area contributed by atoms with Crippen LogP contribution in [0.5, 0.6) is 0 Å². The third-order valence-electron chi connectivity index (χ3n) is 6.59. The molecule has 3 aromatic carbocycles. The number of nitriles is 1. The highest BCUT2D eigenvalue weighted by Gasteiger charge is 2.26. The number of carbonyl (C=O) groups is 1. The van der Waals surface area contributed by atoms with Gasteiger partial charge in [-0.3, -0.25) is 4.90 Å². The SMILES string of the molecule is COC(=O)C1=C(c2cccc3ccccc23)CCN(Cc2cncn2Cc2ccc(C#N)cc2)C1. The highest BCUT2D eigenvalue weighted by atomic mass is 16.5. The Bertz CT molecular complexity index is 1440. The lowest BCUT2D eigenvalue weighted by Gasteiger charge is -2.30. The molecule has 0 radical (unpaired) electrons. The first kappa shape index (κ1) is 22.6. The van der Waals surface area contributed by atoms with E-state index in [1.165, 1.54) is 7.11 Å². The Morgan fingerprint density at radius 2 is 1.86 bits per heavy atom. The number of carbonyl (C=O) groups excluding carboxylic acids is 1. The lowest BCUT2D eigenvalue weighted by atomic mass is 9.90. The minimum absolute atomic E-state index is 0.274. The zero-order chi connectivity index (χ0) is 24.2. The molecular formula is C29H26N4O2. The number of aromatic nitrogens is 2. The molecule has 174 valence electrons. The topological polar surface area (TPSA) is 71.2 Å². The summed E-state index contributed by atoms with van der Waals surface area (Å²) in [6.07, 6.45) is 4.48. The van der Waals surface area contributed by atoms with E-state index in [1.807, 2.05) is 55.0 Å². The van der Waals surface area contributed by atoms with E-state index >= 15 is 0 Å². The fourth-order valence-corrected chi connectivity index (χ4v) is 4.78. The van der Waals surface area contributed by atoms with Crippen molar-refractivity contribution in [2.45, 2.75) is 19.5 Å². The van der Waals surface area contributed by atoms with E-state index in [0.29, 0.717) is 30.8 Å². The van der Waals surface area contributed by atoms with Crippen LogP contribution in [0.3, 0.4) is 0 Å². The molecule has 1 aliphatic rings. The Morgan fingerprint density at radius 3 is 2.66 bits per heavy atom. The second kappa shape index (κ2) is 9.96. The Labute approximate surface area is 204 Å². The van der Waals surface area contributed by atoms with E-state index in [2.05, 4.69) is 44.8 Å². The number of imidazole rings is 1. The van der Waals surface area contributed by atoms with E-state index in [4.69, 9.17) is 10.00 Å². The van der Waals surface area contributed by atoms with Crippen LogP contribution >= 0.6 is 0 Å². The van der Waals surface area contributed by atoms with E-state index in [1.54, 1.807) is 0 Å². The second-order valence-corrected chi connectivity index (χ2v) is 8.76. The zero-order valence-corrected chi connectivity index (χ0v) is 19.6. The molecule has 0 unspecified atom stereocenters. The van der Waals surface area contributed by atoms with Gasteiger partial charge in [0.1, 0.15) is 0 Å². The molecule has 0 spiro atoms. The number of ether oxygens (including phenoxy) is 1. The average molecular weight is 463 g/mol. The Balaban J connectivity index is 1.40. The number of hydrogen-bond acceptors (Lipinski definition) is 5. The smallest absolute Gasteiger partial charge is 0.335 e. The third kappa shape index (κ3) is 4.72. The summed E-state index contributed by atoms with van der Waals surface area (Å²) in [7, 11) is 1.45. The average Bonchev–Trinajstić information content (AvgIpc) is 3.34. The minimum atomic E-state index is -0.274. The highest BCUT2D eigenvalue weighted by molar-refractivity contribution is 6.03. The summed E-state index contributed by atoms with van der Waals surface area (Å²) in [5.41, 5.74) is 5.72. The van der Waals surface area contributed by atoms with Crippen LogP contribution in [-0.2, 0) is 22.6 Å². The summed E-state index contributed by atoms with van der Waals surface area (Å²) >= 11 is 0. The molecule has 0 fully saturated rings. The first-order chi connectivity index (χ1) is 17.2. The van der Waals surface area contributed by atoms with Crippen molar-refractivity contribution in [3.63, 3.8) is 0 Å². The standard InChI is InChI=1S/C29H26N4O2/c1-35-29(34)28-19-32(14-13-27(28)26-8-4-6-23-5-2-3-7-25(23)26)18-24-16-31-20-33(24)17-22-11-9-21(15-30)10-12-22/h2-12,16,20H,13-14,17-19H2,1H3. The molecule has 35 heavy (non-hydrogen) atoms. The molecule has 1 aliphatic heterocycles. The summed E-state index contributed by atoms with van der Waals surface area (Å²) in [6.45, 7) is 2.71. The molecule has 0 aliphatic carbocycles. The lowest BCUT2D eigenvalue weighted by Crippen LogP contribution is -2.34. The van der Waals surface area contributed by atoms with Crippen molar-refractivity contribution >= 4 is 22.3 Å². The molecule has 0 saturated heterocycles. The highest BCUT2D eigenvalue weighted by Crippen LogP contribution is 2.33. The van der Waals surface area contributed by atoms with Gasteiger partial charge in [0, 0.05) is 32.4 Å². The van der Waals surface area contributed by atoms with E-state index < -0.39 is 0 Å². The predicted molar refractivity (Wildman–Crippen MR) is 135 cm³/mol. The molecule has 2 heterocycles. The summed E-state index contributed by atoms with van der Waals surface area (Å²) in [4.78, 5) is 19.5. The summed E-state index contributed by atoms with van der Waals surface area (Å²) in [5, 5.41) is 11.3. The van der Waals surface area contributed by atoms with Crippen molar-refractivity contribution < 1.29 is 9.53 Å². The number of esters is 1. The van der Waals surface area contributed by atoms with Gasteiger partial charge in [-0.05, 0) is 46.0 Å². The maximum Gasteiger partial charge on any atom is 0.335 e. The predicted octanol–water partition coefficient (Wildman–Crippen LogP) is 4.79. The van der Waals surface area contributed by atoms with Gasteiger partial charge in [0.05, 0.1) is 36.3 Å². The molecule has 4 aromatic rings. The summed E-state index contributed by atoms with van der Waals surface area (Å²) < 4.78 is 7.31. The Kier molecular flexibility index (Phi) is 6.42. The molecule has 5 rings (SSSR count). The monoisotopic (exact) mass is 462 g/mol. The van der Waals surface area contributed by atoms with Crippen LogP contribution in [0.25, 0.3) is 16.3 Å². The molecule has 6 heteroatoms. The third-order valence-corrected chi connectivity index (χ3v) is 6.59. The van der Waals surface area contributed by atoms with Gasteiger partial charge in [-0.1, -0.05) is 54.6 Å². The summed E-state index contributed by atoms with van der Waals surface area (Å²) in [6, 6.07) is 24.3. The van der Waals surface area contributed by atoms with Crippen molar-refractivity contribution in [1.29, 1.82) is 5.26 Å². The maximum absolute atomic E-state index is 12.8. The van der Waals surface area contributed by atoms with Gasteiger partial charge in [0.25, 0.3) is 0 Å². The van der Waals surface area contributed by atoms with E-state index in [-0.39, 0.29) is 5.97 Å². The van der Waals surface area contributed by atoms with Gasteiger partial charge in [-0.15, -0.1) is 0 Å². The van der Waals surface area contributed by atoms with E-state index in [0.717, 1.165) is 46.1 Å². The number of benzene rings is 3. The summed E-state index contributed by atoms with van der Waals surface area (Å²) in [5.74, 6) is -0.274. The van der Waals surface area contributed by atoms with E-state index in [9.17, 15) is 4.79 Å². The van der Waals surface area contributed by atoms with Crippen LogP contribution in [0.4, 0.5) is 0 Å². The molecule has 0 amide bonds. The fraction of sp³-hybridized carbons (Fsp3) is 0.207. The fourth-order valence-electron chi connectivity index (χ4n) is 4.78. The quantitative estimate of drug-likeness (QED) is 0.385. The van der Waals surface area contributed by atoms with Gasteiger partial charge >= 0.3 is 5.97 Å². The number of nitrogens with zero attached hydrogens (tertiary/aromatic N) is 4. The Hall–Kier alpha value is -4.21. The number of hydrogen-bond donors (Lipinski definition) is 0. The number of rotatable bonds is 6. The minimum Gasteiger partial charge on any atom is -0.466 e. The van der Waals surface area contributed by atoms with Crippen LogP contribution in [0.2, 0.25) is 0 Å². The maximum atomic E-state index is 12.8. The van der Waals surface area contributed by atoms with Crippen LogP contribution in [0.15, 0.2) is 84.8 Å². The van der Waals surface area contributed by atoms with Gasteiger partial charge in [-0.25, -0.2) is 9.78 Å². The molecule has 0 bridgehead atoms. The largest absolute Gasteiger partial charge is 0.466 e. The first-order valence-electron chi connectivity index (χ1n) is 11.6. The number of fused-ring (bicyclic) bond motifs is 1. The zero-order valence-electron chi connectivity index (χ0n) is 19.6. The van der Waals surface area contributed by atoms with Crippen molar-refractivity contribution in [2.24, 2.45) is 0 Å². The van der Waals surface area contributed by atoms with Crippen LogP contribution in [-0.4, -0.2) is 40.6 Å². The molecule has 0 N–H and O–H groups in total. The van der Waals surface area contributed by atoms with Crippen LogP contribution < -0.4 is 0 Å². The van der Waals surface area contributed by atoms with Gasteiger partial charge in [0.2, 0.25) is 0 Å². The molecular weight excluding hydrogens is 436 g/mol. The normalized spacial score (nSPS) is 14.2. The number of methoxy groups -OCH3 is 1.